The summed E-state index contributed by atoms with van der Waals surface area (Å²) in [6, 6.07) is 11.7. The Kier molecular flexibility index (Phi) is 5.61. The van der Waals surface area contributed by atoms with Crippen LogP contribution in [0.4, 0.5) is 4.39 Å². The molecule has 2 aliphatic heterocycles. The van der Waals surface area contributed by atoms with E-state index in [1.807, 2.05) is 50.2 Å². The Morgan fingerprint density at radius 3 is 2.58 bits per heavy atom. The maximum Gasteiger partial charge on any atom is 0.317 e. The fourth-order valence-corrected chi connectivity index (χ4v) is 6.07. The van der Waals surface area contributed by atoms with E-state index in [9.17, 15) is 0 Å². The Morgan fingerprint density at radius 2 is 1.86 bits per heavy atom. The molecule has 2 aromatic carbocycles. The standard InChI is InChI=1S/C30H29FN4O/c1-4-20-9-5-10-21-11-6-12-22(24(20)21)27-25(31)28-23(17-32-27)26(19(2)3)33-29(34-28)36-18-30-13-7-15-35(30)16-8-14-30/h1,5-6,9-12,17,19H,7-8,13-16,18H2,2-3H3. The third-order valence-corrected chi connectivity index (χ3v) is 7.84. The van der Waals surface area contributed by atoms with Crippen LogP contribution in [-0.4, -0.2) is 45.1 Å². The van der Waals surface area contributed by atoms with E-state index in [1.54, 1.807) is 6.20 Å². The van der Waals surface area contributed by atoms with E-state index >= 15 is 4.39 Å². The van der Waals surface area contributed by atoms with Gasteiger partial charge >= 0.3 is 6.01 Å². The van der Waals surface area contributed by atoms with Crippen molar-refractivity contribution in [3.63, 3.8) is 0 Å². The highest BCUT2D eigenvalue weighted by molar-refractivity contribution is 6.01. The maximum absolute atomic E-state index is 16.2. The number of pyridine rings is 1. The number of rotatable bonds is 5. The van der Waals surface area contributed by atoms with Gasteiger partial charge in [0.05, 0.1) is 11.2 Å². The molecule has 2 aromatic heterocycles. The van der Waals surface area contributed by atoms with Crippen LogP contribution in [0.5, 0.6) is 6.01 Å². The highest BCUT2D eigenvalue weighted by Crippen LogP contribution is 2.39. The van der Waals surface area contributed by atoms with E-state index in [0.29, 0.717) is 23.1 Å². The van der Waals surface area contributed by atoms with Gasteiger partial charge in [-0.05, 0) is 56.1 Å². The van der Waals surface area contributed by atoms with Crippen LogP contribution in [-0.2, 0) is 0 Å². The van der Waals surface area contributed by atoms with E-state index in [4.69, 9.17) is 16.1 Å². The summed E-state index contributed by atoms with van der Waals surface area (Å²) in [5.41, 5.74) is 2.62. The van der Waals surface area contributed by atoms with Crippen LogP contribution >= 0.6 is 0 Å². The molecule has 0 unspecified atom stereocenters. The van der Waals surface area contributed by atoms with Crippen molar-refractivity contribution in [3.05, 3.63) is 59.7 Å². The van der Waals surface area contributed by atoms with Gasteiger partial charge in [-0.1, -0.05) is 50.1 Å². The van der Waals surface area contributed by atoms with Crippen LogP contribution in [0.3, 0.4) is 0 Å². The number of halogens is 1. The molecule has 36 heavy (non-hydrogen) atoms. The average Bonchev–Trinajstić information content (AvgIpc) is 3.47. The zero-order valence-corrected chi connectivity index (χ0v) is 20.7. The molecule has 0 radical (unpaired) electrons. The van der Waals surface area contributed by atoms with Crippen molar-refractivity contribution in [2.45, 2.75) is 51.0 Å². The summed E-state index contributed by atoms with van der Waals surface area (Å²) >= 11 is 0. The van der Waals surface area contributed by atoms with Gasteiger partial charge in [-0.15, -0.1) is 6.42 Å². The van der Waals surface area contributed by atoms with Crippen molar-refractivity contribution in [2.24, 2.45) is 0 Å². The highest BCUT2D eigenvalue weighted by Gasteiger charge is 2.45. The van der Waals surface area contributed by atoms with Gasteiger partial charge in [-0.3, -0.25) is 9.88 Å². The molecule has 0 spiro atoms. The first-order valence-corrected chi connectivity index (χ1v) is 12.7. The smallest absolute Gasteiger partial charge is 0.317 e. The van der Waals surface area contributed by atoms with Gasteiger partial charge in [0, 0.05) is 28.1 Å². The molecule has 182 valence electrons. The summed E-state index contributed by atoms with van der Waals surface area (Å²) < 4.78 is 22.5. The van der Waals surface area contributed by atoms with Gasteiger partial charge in [-0.2, -0.15) is 9.97 Å². The van der Waals surface area contributed by atoms with E-state index in [0.717, 1.165) is 42.4 Å². The second-order valence-electron chi connectivity index (χ2n) is 10.3. The molecular weight excluding hydrogens is 451 g/mol. The molecule has 2 aliphatic rings. The summed E-state index contributed by atoms with van der Waals surface area (Å²) in [6.07, 6.45) is 12.1. The molecule has 0 amide bonds. The highest BCUT2D eigenvalue weighted by atomic mass is 19.1. The lowest BCUT2D eigenvalue weighted by Gasteiger charge is -2.31. The zero-order chi connectivity index (χ0) is 24.9. The molecule has 4 heterocycles. The topological polar surface area (TPSA) is 51.1 Å². The molecular formula is C30H29FN4O. The predicted octanol–water partition coefficient (Wildman–Crippen LogP) is 6.10. The van der Waals surface area contributed by atoms with E-state index in [2.05, 4.69) is 20.8 Å². The Balaban J connectivity index is 1.47. The summed E-state index contributed by atoms with van der Waals surface area (Å²) in [7, 11) is 0. The lowest BCUT2D eigenvalue weighted by atomic mass is 9.95. The van der Waals surface area contributed by atoms with Gasteiger partial charge in [0.1, 0.15) is 17.8 Å². The molecule has 0 atom stereocenters. The van der Waals surface area contributed by atoms with Crippen LogP contribution in [0.25, 0.3) is 32.9 Å². The molecule has 0 aliphatic carbocycles. The molecule has 6 rings (SSSR count). The first-order chi connectivity index (χ1) is 17.5. The number of fused-ring (bicyclic) bond motifs is 3. The van der Waals surface area contributed by atoms with Crippen molar-refractivity contribution >= 4 is 21.7 Å². The number of hydrogen-bond donors (Lipinski definition) is 0. The molecule has 5 nitrogen and oxygen atoms in total. The quantitative estimate of drug-likeness (QED) is 0.323. The SMILES string of the molecule is C#Cc1cccc2cccc(-c3ncc4c(C(C)C)nc(OCC56CCCN5CCC6)nc4c3F)c12. The number of nitrogens with zero attached hydrogens (tertiary/aromatic N) is 4. The monoisotopic (exact) mass is 480 g/mol. The molecule has 6 heteroatoms. The Labute approximate surface area is 210 Å². The van der Waals surface area contributed by atoms with Crippen molar-refractivity contribution in [1.82, 2.24) is 19.9 Å². The summed E-state index contributed by atoms with van der Waals surface area (Å²) in [6.45, 7) is 6.84. The van der Waals surface area contributed by atoms with Gasteiger partial charge < -0.3 is 4.74 Å². The van der Waals surface area contributed by atoms with Gasteiger partial charge in [0.25, 0.3) is 0 Å². The van der Waals surface area contributed by atoms with Gasteiger partial charge in [0.2, 0.25) is 0 Å². The molecule has 2 saturated heterocycles. The van der Waals surface area contributed by atoms with Gasteiger partial charge in [0.15, 0.2) is 5.82 Å². The van der Waals surface area contributed by atoms with Crippen LogP contribution in [0.15, 0.2) is 42.6 Å². The molecule has 2 fully saturated rings. The maximum atomic E-state index is 16.2. The Hall–Kier alpha value is -3.56. The number of hydrogen-bond acceptors (Lipinski definition) is 5. The van der Waals surface area contributed by atoms with E-state index < -0.39 is 5.82 Å². The number of aromatic nitrogens is 3. The lowest BCUT2D eigenvalue weighted by molar-refractivity contribution is 0.107. The zero-order valence-electron chi connectivity index (χ0n) is 20.7. The van der Waals surface area contributed by atoms with Gasteiger partial charge in [-0.25, -0.2) is 4.39 Å². The Bertz CT molecular complexity index is 1510. The third-order valence-electron chi connectivity index (χ3n) is 7.84. The second kappa shape index (κ2) is 8.83. The molecule has 0 saturated carbocycles. The van der Waals surface area contributed by atoms with Crippen LogP contribution in [0.2, 0.25) is 0 Å². The predicted molar refractivity (Wildman–Crippen MR) is 141 cm³/mol. The van der Waals surface area contributed by atoms with Crippen molar-refractivity contribution in [2.75, 3.05) is 19.7 Å². The minimum atomic E-state index is -0.484. The minimum absolute atomic E-state index is 0.0584. The van der Waals surface area contributed by atoms with Crippen LogP contribution < -0.4 is 4.74 Å². The molecule has 0 bridgehead atoms. The fourth-order valence-electron chi connectivity index (χ4n) is 6.07. The van der Waals surface area contributed by atoms with Crippen molar-refractivity contribution in [1.29, 1.82) is 0 Å². The Morgan fingerprint density at radius 1 is 1.11 bits per heavy atom. The fraction of sp³-hybridized carbons (Fsp3) is 0.367. The number of benzene rings is 2. The number of terminal acetylenes is 1. The lowest BCUT2D eigenvalue weighted by Crippen LogP contribution is -2.43. The van der Waals surface area contributed by atoms with Crippen LogP contribution in [0, 0.1) is 18.2 Å². The first kappa shape index (κ1) is 22.9. The van der Waals surface area contributed by atoms with E-state index in [-0.39, 0.29) is 28.7 Å². The number of ether oxygens (including phenoxy) is 1. The largest absolute Gasteiger partial charge is 0.461 e. The molecule has 4 aromatic rings. The summed E-state index contributed by atoms with van der Waals surface area (Å²) in [5, 5.41) is 2.36. The van der Waals surface area contributed by atoms with Crippen molar-refractivity contribution < 1.29 is 9.13 Å². The van der Waals surface area contributed by atoms with Crippen LogP contribution in [0.1, 0.15) is 56.7 Å². The second-order valence-corrected chi connectivity index (χ2v) is 10.3. The summed E-state index contributed by atoms with van der Waals surface area (Å²) in [5.74, 6) is 2.31. The molecule has 0 N–H and O–H groups in total. The van der Waals surface area contributed by atoms with Crippen molar-refractivity contribution in [3.8, 4) is 29.6 Å². The third kappa shape index (κ3) is 3.61. The minimum Gasteiger partial charge on any atom is -0.461 e. The first-order valence-electron chi connectivity index (χ1n) is 12.7. The normalized spacial score (nSPS) is 17.1. The average molecular weight is 481 g/mol. The summed E-state index contributed by atoms with van der Waals surface area (Å²) in [4.78, 5) is 16.4. The van der Waals surface area contributed by atoms with E-state index in [1.165, 1.54) is 12.8 Å².